The summed E-state index contributed by atoms with van der Waals surface area (Å²) in [7, 11) is 0. The highest BCUT2D eigenvalue weighted by molar-refractivity contribution is 5.91. The Morgan fingerprint density at radius 2 is 2.17 bits per heavy atom. The number of rotatable bonds is 4. The van der Waals surface area contributed by atoms with Crippen LogP contribution in [0.15, 0.2) is 39.8 Å². The first-order valence-electron chi connectivity index (χ1n) is 7.27. The highest BCUT2D eigenvalue weighted by Gasteiger charge is 2.15. The molecule has 8 nitrogen and oxygen atoms in total. The van der Waals surface area contributed by atoms with Crippen molar-refractivity contribution in [2.24, 2.45) is 0 Å². The number of aryl methyl sites for hydroxylation is 2. The van der Waals surface area contributed by atoms with Crippen molar-refractivity contribution in [2.45, 2.75) is 20.3 Å². The summed E-state index contributed by atoms with van der Waals surface area (Å²) in [6.07, 6.45) is 1.51. The number of aromatic nitrogens is 4. The number of anilines is 1. The molecule has 8 heteroatoms. The third-order valence-electron chi connectivity index (χ3n) is 3.36. The predicted molar refractivity (Wildman–Crippen MR) is 86.4 cm³/mol. The van der Waals surface area contributed by atoms with E-state index in [0.717, 1.165) is 0 Å². The van der Waals surface area contributed by atoms with Gasteiger partial charge in [0.05, 0.1) is 6.42 Å². The Bertz CT molecular complexity index is 930. The summed E-state index contributed by atoms with van der Waals surface area (Å²) < 4.78 is 4.88. The summed E-state index contributed by atoms with van der Waals surface area (Å²) in [6.45, 7) is 3.41. The van der Waals surface area contributed by atoms with Gasteiger partial charge in [-0.05, 0) is 26.0 Å². The topological polar surface area (TPSA) is 114 Å². The van der Waals surface area contributed by atoms with E-state index >= 15 is 0 Å². The first-order valence-corrected chi connectivity index (χ1v) is 7.27. The van der Waals surface area contributed by atoms with Crippen LogP contribution in [0.5, 0.6) is 0 Å². The monoisotopic (exact) mass is 325 g/mol. The lowest BCUT2D eigenvalue weighted by Gasteiger charge is -2.06. The molecule has 0 saturated carbocycles. The summed E-state index contributed by atoms with van der Waals surface area (Å²) in [6, 6.07) is 6.92. The van der Waals surface area contributed by atoms with Gasteiger partial charge < -0.3 is 14.8 Å². The van der Waals surface area contributed by atoms with Crippen molar-refractivity contribution in [3.8, 4) is 11.5 Å². The third kappa shape index (κ3) is 3.37. The number of hydrogen-bond donors (Lipinski definition) is 2. The Morgan fingerprint density at radius 3 is 2.79 bits per heavy atom. The minimum atomic E-state index is -0.371. The Hall–Kier alpha value is -3.29. The summed E-state index contributed by atoms with van der Waals surface area (Å²) in [5.74, 6) is 0.893. The van der Waals surface area contributed by atoms with Crippen LogP contribution in [0.2, 0.25) is 0 Å². The van der Waals surface area contributed by atoms with Gasteiger partial charge in [-0.2, -0.15) is 0 Å². The molecule has 0 aliphatic rings. The highest BCUT2D eigenvalue weighted by atomic mass is 16.5. The van der Waals surface area contributed by atoms with Gasteiger partial charge >= 0.3 is 0 Å². The molecule has 3 aromatic rings. The van der Waals surface area contributed by atoms with Crippen molar-refractivity contribution in [3.05, 3.63) is 57.8 Å². The molecule has 1 amide bonds. The first kappa shape index (κ1) is 15.6. The van der Waals surface area contributed by atoms with Crippen LogP contribution in [0.25, 0.3) is 11.5 Å². The normalized spacial score (nSPS) is 10.6. The molecule has 0 fully saturated rings. The van der Waals surface area contributed by atoms with Gasteiger partial charge in [-0.1, -0.05) is 11.2 Å². The van der Waals surface area contributed by atoms with Gasteiger partial charge in [0.2, 0.25) is 5.91 Å². The number of amides is 1. The molecule has 2 N–H and O–H groups in total. The smallest absolute Gasteiger partial charge is 0.255 e. The lowest BCUT2D eigenvalue weighted by Crippen LogP contribution is -2.24. The van der Waals surface area contributed by atoms with Crippen LogP contribution in [0, 0.1) is 13.8 Å². The molecule has 0 aromatic carbocycles. The van der Waals surface area contributed by atoms with Crippen LogP contribution in [-0.4, -0.2) is 26.0 Å². The molecule has 3 heterocycles. The van der Waals surface area contributed by atoms with Gasteiger partial charge in [-0.25, -0.2) is 4.98 Å². The average molecular weight is 325 g/mol. The van der Waals surface area contributed by atoms with Crippen molar-refractivity contribution in [3.63, 3.8) is 0 Å². The molecule has 0 radical (unpaired) electrons. The van der Waals surface area contributed by atoms with Crippen LogP contribution >= 0.6 is 0 Å². The van der Waals surface area contributed by atoms with E-state index in [2.05, 4.69) is 25.4 Å². The van der Waals surface area contributed by atoms with E-state index in [0.29, 0.717) is 34.4 Å². The minimum Gasteiger partial charge on any atom is -0.360 e. The second kappa shape index (κ2) is 6.45. The lowest BCUT2D eigenvalue weighted by molar-refractivity contribution is -0.115. The molecular weight excluding hydrogens is 310 g/mol. The molecule has 122 valence electrons. The fourth-order valence-corrected chi connectivity index (χ4v) is 2.22. The van der Waals surface area contributed by atoms with Crippen molar-refractivity contribution >= 4 is 11.7 Å². The summed E-state index contributed by atoms with van der Waals surface area (Å²) in [5, 5.41) is 6.25. The number of nitrogens with zero attached hydrogens (tertiary/aromatic N) is 3. The Labute approximate surface area is 137 Å². The van der Waals surface area contributed by atoms with E-state index in [9.17, 15) is 9.59 Å². The van der Waals surface area contributed by atoms with Gasteiger partial charge in [0.1, 0.15) is 11.5 Å². The third-order valence-corrected chi connectivity index (χ3v) is 3.36. The van der Waals surface area contributed by atoms with Gasteiger partial charge in [-0.3, -0.25) is 14.6 Å². The maximum atomic E-state index is 12.3. The van der Waals surface area contributed by atoms with E-state index in [1.54, 1.807) is 44.3 Å². The van der Waals surface area contributed by atoms with Crippen molar-refractivity contribution in [1.29, 1.82) is 0 Å². The fraction of sp³-hybridized carbons (Fsp3) is 0.188. The van der Waals surface area contributed by atoms with E-state index in [-0.39, 0.29) is 17.9 Å². The van der Waals surface area contributed by atoms with Gasteiger partial charge in [-0.15, -0.1) is 0 Å². The number of pyridine rings is 1. The summed E-state index contributed by atoms with van der Waals surface area (Å²) in [4.78, 5) is 35.5. The number of carbonyl (C=O) groups is 1. The SMILES string of the molecule is Cc1cc(NC(=O)Cc2c(C)nc(-c3ccccn3)[nH]c2=O)no1. The first-order chi connectivity index (χ1) is 11.5. The molecule has 0 aliphatic heterocycles. The number of carbonyl (C=O) groups excluding carboxylic acids is 1. The number of H-pyrrole nitrogens is 1. The molecule has 0 atom stereocenters. The van der Waals surface area contributed by atoms with Crippen molar-refractivity contribution in [2.75, 3.05) is 5.32 Å². The molecular formula is C16H15N5O3. The lowest BCUT2D eigenvalue weighted by atomic mass is 10.1. The maximum Gasteiger partial charge on any atom is 0.255 e. The second-order valence-corrected chi connectivity index (χ2v) is 5.24. The quantitative estimate of drug-likeness (QED) is 0.753. The molecule has 3 aromatic heterocycles. The average Bonchev–Trinajstić information content (AvgIpc) is 2.96. The summed E-state index contributed by atoms with van der Waals surface area (Å²) in [5.41, 5.74) is 0.972. The molecule has 0 aliphatic carbocycles. The van der Waals surface area contributed by atoms with Crippen LogP contribution in [0.1, 0.15) is 17.0 Å². The largest absolute Gasteiger partial charge is 0.360 e. The molecule has 24 heavy (non-hydrogen) atoms. The minimum absolute atomic E-state index is 0.109. The molecule has 0 unspecified atom stereocenters. The molecule has 0 saturated heterocycles. The zero-order chi connectivity index (χ0) is 17.1. The number of hydrogen-bond acceptors (Lipinski definition) is 6. The fourth-order valence-electron chi connectivity index (χ4n) is 2.22. The summed E-state index contributed by atoms with van der Waals surface area (Å²) >= 11 is 0. The van der Waals surface area contributed by atoms with E-state index in [4.69, 9.17) is 4.52 Å². The van der Waals surface area contributed by atoms with Gasteiger partial charge in [0.15, 0.2) is 11.6 Å². The van der Waals surface area contributed by atoms with E-state index in [1.165, 1.54) is 0 Å². The van der Waals surface area contributed by atoms with Crippen LogP contribution < -0.4 is 10.9 Å². The molecule has 0 bridgehead atoms. The van der Waals surface area contributed by atoms with Crippen LogP contribution in [0.4, 0.5) is 5.82 Å². The highest BCUT2D eigenvalue weighted by Crippen LogP contribution is 2.12. The van der Waals surface area contributed by atoms with Crippen LogP contribution in [0.3, 0.4) is 0 Å². The second-order valence-electron chi connectivity index (χ2n) is 5.24. The van der Waals surface area contributed by atoms with Gasteiger partial charge in [0.25, 0.3) is 5.56 Å². The van der Waals surface area contributed by atoms with Crippen LogP contribution in [-0.2, 0) is 11.2 Å². The van der Waals surface area contributed by atoms with Crippen molar-refractivity contribution < 1.29 is 9.32 Å². The van der Waals surface area contributed by atoms with Gasteiger partial charge in [0, 0.05) is 23.5 Å². The Balaban J connectivity index is 1.81. The van der Waals surface area contributed by atoms with E-state index in [1.807, 2.05) is 0 Å². The maximum absolute atomic E-state index is 12.3. The Morgan fingerprint density at radius 1 is 1.33 bits per heavy atom. The molecule has 0 spiro atoms. The standard InChI is InChI=1S/C16H15N5O3/c1-9-7-13(21-24-9)19-14(22)8-11-10(2)18-15(20-16(11)23)12-5-3-4-6-17-12/h3-7H,8H2,1-2H3,(H,18,20,23)(H,19,21,22). The number of aromatic amines is 1. The van der Waals surface area contributed by atoms with Crippen molar-refractivity contribution in [1.82, 2.24) is 20.1 Å². The molecule has 3 rings (SSSR count). The zero-order valence-corrected chi connectivity index (χ0v) is 13.2. The predicted octanol–water partition coefficient (Wildman–Crippen LogP) is 1.62. The Kier molecular flexibility index (Phi) is 4.19. The van der Waals surface area contributed by atoms with E-state index < -0.39 is 0 Å². The number of nitrogens with one attached hydrogen (secondary N) is 2. The zero-order valence-electron chi connectivity index (χ0n) is 13.2.